The third kappa shape index (κ3) is 3.63. The molecule has 0 fully saturated rings. The van der Waals surface area contributed by atoms with Crippen LogP contribution in [-0.2, 0) is 0 Å². The molecule has 0 radical (unpaired) electrons. The van der Waals surface area contributed by atoms with E-state index in [2.05, 4.69) is 15.5 Å². The number of ether oxygens (including phenoxy) is 2. The van der Waals surface area contributed by atoms with Gasteiger partial charge in [-0.1, -0.05) is 12.1 Å². The van der Waals surface area contributed by atoms with Gasteiger partial charge in [-0.3, -0.25) is 9.89 Å². The molecule has 3 aromatic rings. The maximum atomic E-state index is 12.5. The van der Waals surface area contributed by atoms with Crippen molar-refractivity contribution in [1.29, 1.82) is 0 Å². The molecule has 1 aromatic heterocycles. The van der Waals surface area contributed by atoms with Crippen molar-refractivity contribution >= 4 is 11.6 Å². The molecule has 0 saturated heterocycles. The van der Waals surface area contributed by atoms with Crippen LogP contribution in [0.25, 0.3) is 11.3 Å². The van der Waals surface area contributed by atoms with Crippen molar-refractivity contribution in [3.8, 4) is 22.8 Å². The van der Waals surface area contributed by atoms with Crippen LogP contribution < -0.4 is 14.8 Å². The van der Waals surface area contributed by atoms with Crippen LogP contribution in [0.3, 0.4) is 0 Å². The molecule has 1 amide bonds. The van der Waals surface area contributed by atoms with Gasteiger partial charge in [0.25, 0.3) is 5.91 Å². The van der Waals surface area contributed by atoms with E-state index in [-0.39, 0.29) is 5.91 Å². The molecule has 0 atom stereocenters. The van der Waals surface area contributed by atoms with E-state index in [1.165, 1.54) is 7.11 Å². The fourth-order valence-corrected chi connectivity index (χ4v) is 2.50. The highest BCUT2D eigenvalue weighted by Crippen LogP contribution is 2.28. The molecule has 3 rings (SSSR count). The highest BCUT2D eigenvalue weighted by Gasteiger charge is 2.11. The Morgan fingerprint density at radius 1 is 1.04 bits per heavy atom. The lowest BCUT2D eigenvalue weighted by atomic mass is 10.1. The summed E-state index contributed by atoms with van der Waals surface area (Å²) < 4.78 is 10.4. The van der Waals surface area contributed by atoms with Crippen molar-refractivity contribution in [2.24, 2.45) is 0 Å². The Morgan fingerprint density at radius 2 is 1.84 bits per heavy atom. The SMILES string of the molecule is COc1ccc(C(=O)Nc2cccc(-c3cc(C)[nH]n3)c2)cc1OC. The maximum absolute atomic E-state index is 12.5. The molecule has 0 bridgehead atoms. The van der Waals surface area contributed by atoms with Crippen LogP contribution in [0.5, 0.6) is 11.5 Å². The summed E-state index contributed by atoms with van der Waals surface area (Å²) in [5, 5.41) is 10.0. The van der Waals surface area contributed by atoms with Crippen molar-refractivity contribution in [3.63, 3.8) is 0 Å². The van der Waals surface area contributed by atoms with Gasteiger partial charge in [0.15, 0.2) is 11.5 Å². The summed E-state index contributed by atoms with van der Waals surface area (Å²) in [5.74, 6) is 0.863. The minimum Gasteiger partial charge on any atom is -0.493 e. The average Bonchev–Trinajstić information content (AvgIpc) is 3.07. The quantitative estimate of drug-likeness (QED) is 0.745. The fraction of sp³-hybridized carbons (Fsp3) is 0.158. The summed E-state index contributed by atoms with van der Waals surface area (Å²) in [7, 11) is 3.09. The van der Waals surface area contributed by atoms with Gasteiger partial charge in [0.1, 0.15) is 0 Å². The van der Waals surface area contributed by atoms with E-state index in [9.17, 15) is 4.79 Å². The Balaban J connectivity index is 1.81. The van der Waals surface area contributed by atoms with Crippen molar-refractivity contribution in [2.45, 2.75) is 6.92 Å². The number of nitrogens with one attached hydrogen (secondary N) is 2. The Kier molecular flexibility index (Phi) is 4.70. The van der Waals surface area contributed by atoms with Crippen LogP contribution in [-0.4, -0.2) is 30.3 Å². The van der Waals surface area contributed by atoms with Crippen molar-refractivity contribution in [1.82, 2.24) is 10.2 Å². The van der Waals surface area contributed by atoms with Crippen molar-refractivity contribution < 1.29 is 14.3 Å². The second-order valence-electron chi connectivity index (χ2n) is 5.54. The Hall–Kier alpha value is -3.28. The first-order valence-corrected chi connectivity index (χ1v) is 7.76. The predicted octanol–water partition coefficient (Wildman–Crippen LogP) is 3.65. The first-order chi connectivity index (χ1) is 12.1. The monoisotopic (exact) mass is 337 g/mol. The van der Waals surface area contributed by atoms with E-state index in [0.29, 0.717) is 22.7 Å². The summed E-state index contributed by atoms with van der Waals surface area (Å²) >= 11 is 0. The van der Waals surface area contributed by atoms with E-state index >= 15 is 0 Å². The molecule has 128 valence electrons. The summed E-state index contributed by atoms with van der Waals surface area (Å²) in [6.07, 6.45) is 0. The zero-order valence-electron chi connectivity index (χ0n) is 14.3. The number of hydrogen-bond acceptors (Lipinski definition) is 4. The standard InChI is InChI=1S/C19H19N3O3/c1-12-9-16(22-21-12)13-5-4-6-15(10-13)20-19(23)14-7-8-17(24-2)18(11-14)25-3/h4-11H,1-3H3,(H,20,23)(H,21,22). The van der Waals surface area contributed by atoms with Gasteiger partial charge >= 0.3 is 0 Å². The number of carbonyl (C=O) groups is 1. The molecular weight excluding hydrogens is 318 g/mol. The van der Waals surface area contributed by atoms with E-state index < -0.39 is 0 Å². The normalized spacial score (nSPS) is 10.4. The topological polar surface area (TPSA) is 76.2 Å². The summed E-state index contributed by atoms with van der Waals surface area (Å²) in [4.78, 5) is 12.5. The summed E-state index contributed by atoms with van der Waals surface area (Å²) in [5.41, 5.74) is 3.92. The molecule has 25 heavy (non-hydrogen) atoms. The van der Waals surface area contributed by atoms with E-state index in [1.807, 2.05) is 37.3 Å². The highest BCUT2D eigenvalue weighted by molar-refractivity contribution is 6.04. The predicted molar refractivity (Wildman–Crippen MR) is 96.3 cm³/mol. The maximum Gasteiger partial charge on any atom is 0.255 e. The van der Waals surface area contributed by atoms with E-state index in [1.54, 1.807) is 25.3 Å². The molecule has 6 nitrogen and oxygen atoms in total. The molecule has 0 aliphatic rings. The number of benzene rings is 2. The van der Waals surface area contributed by atoms with Gasteiger partial charge in [0.2, 0.25) is 0 Å². The zero-order valence-corrected chi connectivity index (χ0v) is 14.3. The Labute approximate surface area is 145 Å². The molecule has 2 aromatic carbocycles. The number of H-pyrrole nitrogens is 1. The summed E-state index contributed by atoms with van der Waals surface area (Å²) in [6.45, 7) is 1.94. The number of nitrogens with zero attached hydrogens (tertiary/aromatic N) is 1. The molecular formula is C19H19N3O3. The van der Waals surface area contributed by atoms with Gasteiger partial charge in [0.05, 0.1) is 19.9 Å². The highest BCUT2D eigenvalue weighted by atomic mass is 16.5. The third-order valence-electron chi connectivity index (χ3n) is 3.77. The lowest BCUT2D eigenvalue weighted by Crippen LogP contribution is -2.12. The number of carbonyl (C=O) groups excluding carboxylic acids is 1. The zero-order chi connectivity index (χ0) is 17.8. The number of aromatic amines is 1. The van der Waals surface area contributed by atoms with Crippen LogP contribution >= 0.6 is 0 Å². The number of hydrogen-bond donors (Lipinski definition) is 2. The third-order valence-corrected chi connectivity index (χ3v) is 3.77. The minimum absolute atomic E-state index is 0.226. The summed E-state index contributed by atoms with van der Waals surface area (Å²) in [6, 6.07) is 14.5. The van der Waals surface area contributed by atoms with E-state index in [0.717, 1.165) is 17.0 Å². The number of anilines is 1. The van der Waals surface area contributed by atoms with Gasteiger partial charge in [0, 0.05) is 22.5 Å². The van der Waals surface area contributed by atoms with Gasteiger partial charge in [-0.25, -0.2) is 0 Å². The molecule has 0 unspecified atom stereocenters. The minimum atomic E-state index is -0.226. The molecule has 0 aliphatic carbocycles. The van der Waals surface area contributed by atoms with Crippen molar-refractivity contribution in [3.05, 3.63) is 59.8 Å². The molecule has 2 N–H and O–H groups in total. The van der Waals surface area contributed by atoms with Gasteiger partial charge in [-0.2, -0.15) is 5.10 Å². The van der Waals surface area contributed by atoms with Crippen LogP contribution in [0.1, 0.15) is 16.1 Å². The van der Waals surface area contributed by atoms with Crippen LogP contribution in [0.4, 0.5) is 5.69 Å². The van der Waals surface area contributed by atoms with Crippen LogP contribution in [0.2, 0.25) is 0 Å². The van der Waals surface area contributed by atoms with Crippen LogP contribution in [0, 0.1) is 6.92 Å². The Bertz CT molecular complexity index is 902. The smallest absolute Gasteiger partial charge is 0.255 e. The van der Waals surface area contributed by atoms with Crippen molar-refractivity contribution in [2.75, 3.05) is 19.5 Å². The fourth-order valence-electron chi connectivity index (χ4n) is 2.50. The number of rotatable bonds is 5. The van der Waals surface area contributed by atoms with Gasteiger partial charge in [-0.05, 0) is 43.3 Å². The number of aromatic nitrogens is 2. The van der Waals surface area contributed by atoms with Gasteiger partial charge in [-0.15, -0.1) is 0 Å². The van der Waals surface area contributed by atoms with Crippen LogP contribution in [0.15, 0.2) is 48.5 Å². The lowest BCUT2D eigenvalue weighted by Gasteiger charge is -2.10. The molecule has 1 heterocycles. The largest absolute Gasteiger partial charge is 0.493 e. The average molecular weight is 337 g/mol. The molecule has 0 spiro atoms. The first kappa shape index (κ1) is 16.6. The second-order valence-corrected chi connectivity index (χ2v) is 5.54. The molecule has 6 heteroatoms. The lowest BCUT2D eigenvalue weighted by molar-refractivity contribution is 0.102. The molecule has 0 saturated carbocycles. The van der Waals surface area contributed by atoms with E-state index in [4.69, 9.17) is 9.47 Å². The number of methoxy groups -OCH3 is 2. The molecule has 0 aliphatic heterocycles. The Morgan fingerprint density at radius 3 is 2.52 bits per heavy atom. The number of amides is 1. The second kappa shape index (κ2) is 7.09. The van der Waals surface area contributed by atoms with Gasteiger partial charge < -0.3 is 14.8 Å². The first-order valence-electron chi connectivity index (χ1n) is 7.76. The number of aryl methyl sites for hydroxylation is 1.